The monoisotopic (exact) mass is 416 g/mol. The molecule has 3 amide bonds. The average Bonchev–Trinajstić information content (AvgIpc) is 3.06. The van der Waals surface area contributed by atoms with E-state index in [-0.39, 0.29) is 23.6 Å². The van der Waals surface area contributed by atoms with Crippen molar-refractivity contribution >= 4 is 11.9 Å². The van der Waals surface area contributed by atoms with Gasteiger partial charge in [0, 0.05) is 31.9 Å². The second-order valence-corrected chi connectivity index (χ2v) is 7.18. The van der Waals surface area contributed by atoms with E-state index in [1.54, 1.807) is 17.2 Å². The molecule has 0 saturated heterocycles. The molecule has 1 aromatic heterocycles. The van der Waals surface area contributed by atoms with Crippen molar-refractivity contribution in [3.63, 3.8) is 0 Å². The second-order valence-electron chi connectivity index (χ2n) is 7.18. The van der Waals surface area contributed by atoms with Crippen LogP contribution in [0, 0.1) is 0 Å². The van der Waals surface area contributed by atoms with Crippen LogP contribution in [0.1, 0.15) is 22.9 Å². The fraction of sp³-hybridized carbons (Fsp3) is 0.286. The number of rotatable bonds is 4. The highest BCUT2D eigenvalue weighted by atomic mass is 19.4. The molecule has 2 aliphatic heterocycles. The third-order valence-corrected chi connectivity index (χ3v) is 5.38. The van der Waals surface area contributed by atoms with Gasteiger partial charge in [-0.3, -0.25) is 14.7 Å². The minimum atomic E-state index is -4.61. The van der Waals surface area contributed by atoms with Gasteiger partial charge in [0.15, 0.2) is 0 Å². The van der Waals surface area contributed by atoms with Gasteiger partial charge in [0.2, 0.25) is 0 Å². The number of alkyl halides is 3. The van der Waals surface area contributed by atoms with Crippen molar-refractivity contribution in [2.24, 2.45) is 0 Å². The molecule has 3 heterocycles. The molecule has 2 aromatic rings. The number of likely N-dealkylation sites (N-methyl/N-ethyl adjacent to an activating group) is 1. The number of hydrogen-bond acceptors (Lipinski definition) is 3. The fourth-order valence-electron chi connectivity index (χ4n) is 3.84. The predicted octanol–water partition coefficient (Wildman–Crippen LogP) is 3.14. The summed E-state index contributed by atoms with van der Waals surface area (Å²) in [7, 11) is 1.51. The molecule has 2 aliphatic rings. The predicted molar refractivity (Wildman–Crippen MR) is 102 cm³/mol. The molecule has 0 fully saturated rings. The summed E-state index contributed by atoms with van der Waals surface area (Å²) in [6.07, 6.45) is -2.45. The van der Waals surface area contributed by atoms with Crippen LogP contribution in [0.2, 0.25) is 0 Å². The lowest BCUT2D eigenvalue weighted by Gasteiger charge is -2.32. The summed E-state index contributed by atoms with van der Waals surface area (Å²) in [4.78, 5) is 32.6. The van der Waals surface area contributed by atoms with Crippen molar-refractivity contribution in [3.05, 3.63) is 76.8 Å². The molecular weight excluding hydrogens is 397 g/mol. The highest BCUT2D eigenvalue weighted by Crippen LogP contribution is 2.41. The SMILES string of the molecule is CN1C(=O)NC(c2ccccc2C(F)(F)F)C2=C1CN(CCc1ccccn1)C2=O. The van der Waals surface area contributed by atoms with Gasteiger partial charge in [-0.15, -0.1) is 0 Å². The van der Waals surface area contributed by atoms with E-state index < -0.39 is 23.8 Å². The number of amides is 3. The third kappa shape index (κ3) is 3.51. The molecule has 1 atom stereocenters. The van der Waals surface area contributed by atoms with Crippen LogP contribution in [0.5, 0.6) is 0 Å². The van der Waals surface area contributed by atoms with Gasteiger partial charge in [-0.05, 0) is 23.8 Å². The van der Waals surface area contributed by atoms with Crippen LogP contribution in [0.25, 0.3) is 0 Å². The van der Waals surface area contributed by atoms with Crippen molar-refractivity contribution in [2.45, 2.75) is 18.6 Å². The summed E-state index contributed by atoms with van der Waals surface area (Å²) in [6.45, 7) is 0.508. The van der Waals surface area contributed by atoms with Gasteiger partial charge < -0.3 is 10.2 Å². The van der Waals surface area contributed by atoms with Gasteiger partial charge in [0.25, 0.3) is 5.91 Å². The van der Waals surface area contributed by atoms with Gasteiger partial charge in [0.1, 0.15) is 0 Å². The summed E-state index contributed by atoms with van der Waals surface area (Å²) in [5.74, 6) is -0.380. The van der Waals surface area contributed by atoms with E-state index in [0.29, 0.717) is 18.7 Å². The Morgan fingerprint density at radius 2 is 1.87 bits per heavy atom. The van der Waals surface area contributed by atoms with E-state index >= 15 is 0 Å². The van der Waals surface area contributed by atoms with Gasteiger partial charge in [-0.2, -0.15) is 13.2 Å². The molecule has 1 unspecified atom stereocenters. The fourth-order valence-corrected chi connectivity index (χ4v) is 3.84. The van der Waals surface area contributed by atoms with Crippen LogP contribution in [0.4, 0.5) is 18.0 Å². The maximum absolute atomic E-state index is 13.6. The number of halogens is 3. The standard InChI is InChI=1S/C21H19F3N4O2/c1-27-16-12-28(11-9-13-6-4-5-10-25-13)19(29)17(16)18(26-20(27)30)14-7-2-3-8-15(14)21(22,23)24/h2-8,10,18H,9,11-12H2,1H3,(H,26,30). The van der Waals surface area contributed by atoms with Crippen LogP contribution in [-0.4, -0.2) is 46.9 Å². The molecule has 156 valence electrons. The smallest absolute Gasteiger partial charge is 0.333 e. The Balaban J connectivity index is 1.66. The van der Waals surface area contributed by atoms with Crippen LogP contribution in [0.3, 0.4) is 0 Å². The quantitative estimate of drug-likeness (QED) is 0.833. The lowest BCUT2D eigenvalue weighted by molar-refractivity contribution is -0.138. The Kier molecular flexibility index (Phi) is 4.97. The number of nitrogens with zero attached hydrogens (tertiary/aromatic N) is 3. The van der Waals surface area contributed by atoms with Crippen LogP contribution < -0.4 is 5.32 Å². The van der Waals surface area contributed by atoms with E-state index in [1.165, 1.54) is 30.1 Å². The molecule has 0 aliphatic carbocycles. The lowest BCUT2D eigenvalue weighted by atomic mass is 9.92. The first-order valence-corrected chi connectivity index (χ1v) is 9.40. The second kappa shape index (κ2) is 7.47. The summed E-state index contributed by atoms with van der Waals surface area (Å²) in [5, 5.41) is 2.56. The Hall–Kier alpha value is -3.36. The number of hydrogen-bond donors (Lipinski definition) is 1. The highest BCUT2D eigenvalue weighted by molar-refractivity contribution is 6.01. The van der Waals surface area contributed by atoms with Gasteiger partial charge in [-0.25, -0.2) is 4.79 Å². The Morgan fingerprint density at radius 3 is 2.57 bits per heavy atom. The molecule has 0 spiro atoms. The molecule has 1 N–H and O–H groups in total. The summed E-state index contributed by atoms with van der Waals surface area (Å²) < 4.78 is 40.7. The third-order valence-electron chi connectivity index (χ3n) is 5.38. The topological polar surface area (TPSA) is 65.5 Å². The summed E-state index contributed by atoms with van der Waals surface area (Å²) in [5.41, 5.74) is 0.392. The lowest BCUT2D eigenvalue weighted by Crippen LogP contribution is -2.45. The first-order valence-electron chi connectivity index (χ1n) is 9.40. The average molecular weight is 416 g/mol. The number of pyridine rings is 1. The van der Waals surface area contributed by atoms with Crippen LogP contribution in [0.15, 0.2) is 59.9 Å². The number of urea groups is 1. The van der Waals surface area contributed by atoms with E-state index in [2.05, 4.69) is 10.3 Å². The van der Waals surface area contributed by atoms with E-state index in [9.17, 15) is 22.8 Å². The van der Waals surface area contributed by atoms with Crippen LogP contribution >= 0.6 is 0 Å². The van der Waals surface area contributed by atoms with E-state index in [1.807, 2.05) is 12.1 Å². The first kappa shape index (κ1) is 19.9. The van der Waals surface area contributed by atoms with Crippen molar-refractivity contribution in [1.82, 2.24) is 20.1 Å². The van der Waals surface area contributed by atoms with Crippen molar-refractivity contribution in [2.75, 3.05) is 20.1 Å². The van der Waals surface area contributed by atoms with Crippen molar-refractivity contribution in [1.29, 1.82) is 0 Å². The Morgan fingerprint density at radius 1 is 1.13 bits per heavy atom. The molecule has 30 heavy (non-hydrogen) atoms. The zero-order chi connectivity index (χ0) is 21.5. The largest absolute Gasteiger partial charge is 0.416 e. The van der Waals surface area contributed by atoms with E-state index in [0.717, 1.165) is 11.8 Å². The molecule has 9 heteroatoms. The molecular formula is C21H19F3N4O2. The van der Waals surface area contributed by atoms with Gasteiger partial charge in [-0.1, -0.05) is 24.3 Å². The highest BCUT2D eigenvalue weighted by Gasteiger charge is 2.45. The maximum atomic E-state index is 13.6. The molecule has 4 rings (SSSR count). The minimum absolute atomic E-state index is 0.140. The van der Waals surface area contributed by atoms with Gasteiger partial charge in [0.05, 0.1) is 29.4 Å². The Labute approximate surface area is 171 Å². The van der Waals surface area contributed by atoms with E-state index in [4.69, 9.17) is 0 Å². The zero-order valence-corrected chi connectivity index (χ0v) is 16.1. The summed E-state index contributed by atoms with van der Waals surface area (Å²) >= 11 is 0. The number of carbonyl (C=O) groups excluding carboxylic acids is 2. The molecule has 0 bridgehead atoms. The Bertz CT molecular complexity index is 1020. The number of carbonyl (C=O) groups is 2. The zero-order valence-electron chi connectivity index (χ0n) is 16.1. The summed E-state index contributed by atoms with van der Waals surface area (Å²) in [6, 6.07) is 8.78. The normalized spacial score (nSPS) is 19.3. The van der Waals surface area contributed by atoms with Crippen molar-refractivity contribution < 1.29 is 22.8 Å². The molecule has 0 radical (unpaired) electrons. The van der Waals surface area contributed by atoms with Gasteiger partial charge >= 0.3 is 12.2 Å². The maximum Gasteiger partial charge on any atom is 0.416 e. The number of benzene rings is 1. The first-order chi connectivity index (χ1) is 14.3. The molecule has 0 saturated carbocycles. The van der Waals surface area contributed by atoms with Crippen molar-refractivity contribution in [3.8, 4) is 0 Å². The number of nitrogens with one attached hydrogen (secondary N) is 1. The molecule has 6 nitrogen and oxygen atoms in total. The number of aromatic nitrogens is 1. The minimum Gasteiger partial charge on any atom is -0.333 e. The molecule has 1 aromatic carbocycles. The van der Waals surface area contributed by atoms with Crippen LogP contribution in [-0.2, 0) is 17.4 Å².